The zero-order chi connectivity index (χ0) is 9.94. The number of unbranched alkanes of at least 4 members (excludes halogenated alkanes) is 1. The first-order valence-corrected chi connectivity index (χ1v) is 6.75. The van der Waals surface area contributed by atoms with Gasteiger partial charge in [0.05, 0.1) is 0 Å². The van der Waals surface area contributed by atoms with E-state index >= 15 is 0 Å². The van der Waals surface area contributed by atoms with Crippen molar-refractivity contribution in [3.63, 3.8) is 0 Å². The molecule has 0 heterocycles. The van der Waals surface area contributed by atoms with E-state index in [1.165, 1.54) is 43.6 Å². The Morgan fingerprint density at radius 2 is 1.92 bits per heavy atom. The summed E-state index contributed by atoms with van der Waals surface area (Å²) in [4.78, 5) is 0. The normalized spacial score (nSPS) is 13.2. The minimum atomic E-state index is 0.761. The highest BCUT2D eigenvalue weighted by Crippen LogP contribution is 2.09. The van der Waals surface area contributed by atoms with Crippen molar-refractivity contribution >= 4 is 11.8 Å². The maximum Gasteiger partial charge on any atom is 0.00639 e. The molecule has 0 aliphatic heterocycles. The molecule has 0 saturated heterocycles. The fraction of sp³-hybridized carbons (Fsp3) is 1.00. The van der Waals surface area contributed by atoms with Crippen LogP contribution in [0.1, 0.15) is 46.0 Å². The third-order valence-corrected chi connectivity index (χ3v) is 3.33. The van der Waals surface area contributed by atoms with Crippen LogP contribution in [0.3, 0.4) is 0 Å². The van der Waals surface area contributed by atoms with Gasteiger partial charge >= 0.3 is 0 Å². The lowest BCUT2D eigenvalue weighted by Crippen LogP contribution is -2.24. The van der Waals surface area contributed by atoms with E-state index in [1.807, 2.05) is 0 Å². The maximum absolute atomic E-state index is 3.39. The van der Waals surface area contributed by atoms with E-state index < -0.39 is 0 Å². The lowest BCUT2D eigenvalue weighted by molar-refractivity contribution is 0.468. The van der Waals surface area contributed by atoms with Crippen molar-refractivity contribution in [3.8, 4) is 0 Å². The summed E-state index contributed by atoms with van der Waals surface area (Å²) >= 11 is 2.06. The van der Waals surface area contributed by atoms with Crippen LogP contribution in [-0.2, 0) is 0 Å². The Morgan fingerprint density at radius 1 is 1.15 bits per heavy atom. The van der Waals surface area contributed by atoms with Gasteiger partial charge in [-0.1, -0.05) is 26.7 Å². The van der Waals surface area contributed by atoms with Gasteiger partial charge in [-0.2, -0.15) is 11.8 Å². The number of nitrogens with one attached hydrogen (secondary N) is 1. The SMILES string of the molecule is CCCC(CCCCSCC)NC. The fourth-order valence-electron chi connectivity index (χ4n) is 1.52. The maximum atomic E-state index is 3.39. The third kappa shape index (κ3) is 8.63. The molecule has 0 aliphatic rings. The fourth-order valence-corrected chi connectivity index (χ4v) is 2.22. The Hall–Kier alpha value is 0.310. The number of hydrogen-bond donors (Lipinski definition) is 1. The average molecular weight is 203 g/mol. The molecule has 0 aromatic rings. The van der Waals surface area contributed by atoms with Gasteiger partial charge in [0.25, 0.3) is 0 Å². The van der Waals surface area contributed by atoms with Crippen LogP contribution in [-0.4, -0.2) is 24.6 Å². The Labute approximate surface area is 88.1 Å². The van der Waals surface area contributed by atoms with Crippen LogP contribution in [0.5, 0.6) is 0 Å². The van der Waals surface area contributed by atoms with E-state index in [4.69, 9.17) is 0 Å². The summed E-state index contributed by atoms with van der Waals surface area (Å²) < 4.78 is 0. The molecule has 80 valence electrons. The van der Waals surface area contributed by atoms with Crippen molar-refractivity contribution in [2.75, 3.05) is 18.6 Å². The Kier molecular flexibility index (Phi) is 10.6. The Bertz CT molecular complexity index is 96.1. The van der Waals surface area contributed by atoms with Crippen molar-refractivity contribution in [1.82, 2.24) is 5.32 Å². The van der Waals surface area contributed by atoms with Gasteiger partial charge in [0.1, 0.15) is 0 Å². The standard InChI is InChI=1S/C11H25NS/c1-4-8-11(12-3)9-6-7-10-13-5-2/h11-12H,4-10H2,1-3H3. The van der Waals surface area contributed by atoms with Gasteiger partial charge in [0.15, 0.2) is 0 Å². The van der Waals surface area contributed by atoms with E-state index in [2.05, 4.69) is 38.0 Å². The molecule has 0 fully saturated rings. The number of rotatable bonds is 9. The highest BCUT2D eigenvalue weighted by Gasteiger charge is 2.03. The highest BCUT2D eigenvalue weighted by atomic mass is 32.2. The van der Waals surface area contributed by atoms with Crippen molar-refractivity contribution in [1.29, 1.82) is 0 Å². The zero-order valence-electron chi connectivity index (χ0n) is 9.44. The zero-order valence-corrected chi connectivity index (χ0v) is 10.3. The molecule has 0 aromatic carbocycles. The number of hydrogen-bond acceptors (Lipinski definition) is 2. The predicted octanol–water partition coefficient (Wildman–Crippen LogP) is 3.30. The predicted molar refractivity (Wildman–Crippen MR) is 64.6 cm³/mol. The van der Waals surface area contributed by atoms with Gasteiger partial charge in [-0.15, -0.1) is 0 Å². The quantitative estimate of drug-likeness (QED) is 0.577. The van der Waals surface area contributed by atoms with Crippen LogP contribution in [0.4, 0.5) is 0 Å². The largest absolute Gasteiger partial charge is 0.317 e. The molecule has 0 rings (SSSR count). The van der Waals surface area contributed by atoms with E-state index in [-0.39, 0.29) is 0 Å². The molecule has 1 unspecified atom stereocenters. The van der Waals surface area contributed by atoms with Crippen LogP contribution in [0.25, 0.3) is 0 Å². The molecular weight excluding hydrogens is 178 g/mol. The molecule has 0 saturated carbocycles. The summed E-state index contributed by atoms with van der Waals surface area (Å²) in [5.41, 5.74) is 0. The van der Waals surface area contributed by atoms with Gasteiger partial charge in [0, 0.05) is 6.04 Å². The van der Waals surface area contributed by atoms with Crippen LogP contribution in [0, 0.1) is 0 Å². The first kappa shape index (κ1) is 13.3. The highest BCUT2D eigenvalue weighted by molar-refractivity contribution is 7.99. The first-order chi connectivity index (χ1) is 6.35. The van der Waals surface area contributed by atoms with Gasteiger partial charge in [-0.3, -0.25) is 0 Å². The van der Waals surface area contributed by atoms with Gasteiger partial charge in [-0.25, -0.2) is 0 Å². The number of thioether (sulfide) groups is 1. The first-order valence-electron chi connectivity index (χ1n) is 5.60. The van der Waals surface area contributed by atoms with E-state index in [0.29, 0.717) is 0 Å². The molecular formula is C11H25NS. The molecule has 0 spiro atoms. The molecule has 1 nitrogen and oxygen atoms in total. The molecule has 1 N–H and O–H groups in total. The second kappa shape index (κ2) is 10.4. The molecule has 1 atom stereocenters. The lowest BCUT2D eigenvalue weighted by atomic mass is 10.1. The molecule has 0 radical (unpaired) electrons. The van der Waals surface area contributed by atoms with Crippen molar-refractivity contribution in [2.24, 2.45) is 0 Å². The second-order valence-electron chi connectivity index (χ2n) is 3.47. The van der Waals surface area contributed by atoms with Crippen molar-refractivity contribution in [2.45, 2.75) is 52.0 Å². The Balaban J connectivity index is 3.17. The summed E-state index contributed by atoms with van der Waals surface area (Å²) in [6.45, 7) is 4.50. The summed E-state index contributed by atoms with van der Waals surface area (Å²) in [6.07, 6.45) is 6.76. The summed E-state index contributed by atoms with van der Waals surface area (Å²) in [5.74, 6) is 2.61. The molecule has 2 heteroatoms. The minimum Gasteiger partial charge on any atom is -0.317 e. The van der Waals surface area contributed by atoms with Crippen LogP contribution in [0.2, 0.25) is 0 Å². The van der Waals surface area contributed by atoms with E-state index in [1.54, 1.807) is 0 Å². The molecule has 13 heavy (non-hydrogen) atoms. The second-order valence-corrected chi connectivity index (χ2v) is 4.86. The third-order valence-electron chi connectivity index (χ3n) is 2.34. The van der Waals surface area contributed by atoms with Crippen LogP contribution in [0.15, 0.2) is 0 Å². The molecule has 0 aromatic heterocycles. The Morgan fingerprint density at radius 3 is 2.46 bits per heavy atom. The lowest BCUT2D eigenvalue weighted by Gasteiger charge is -2.14. The summed E-state index contributed by atoms with van der Waals surface area (Å²) in [5, 5.41) is 3.39. The van der Waals surface area contributed by atoms with Gasteiger partial charge in [-0.05, 0) is 37.8 Å². The molecule has 0 amide bonds. The van der Waals surface area contributed by atoms with Crippen molar-refractivity contribution in [3.05, 3.63) is 0 Å². The van der Waals surface area contributed by atoms with E-state index in [0.717, 1.165) is 6.04 Å². The van der Waals surface area contributed by atoms with Crippen molar-refractivity contribution < 1.29 is 0 Å². The molecule has 0 aliphatic carbocycles. The van der Waals surface area contributed by atoms with E-state index in [9.17, 15) is 0 Å². The summed E-state index contributed by atoms with van der Waals surface area (Å²) in [6, 6.07) is 0.761. The monoisotopic (exact) mass is 203 g/mol. The van der Waals surface area contributed by atoms with Gasteiger partial charge in [0.2, 0.25) is 0 Å². The summed E-state index contributed by atoms with van der Waals surface area (Å²) in [7, 11) is 2.08. The van der Waals surface area contributed by atoms with Crippen LogP contribution < -0.4 is 5.32 Å². The average Bonchev–Trinajstić information content (AvgIpc) is 2.16. The minimum absolute atomic E-state index is 0.761. The smallest absolute Gasteiger partial charge is 0.00639 e. The topological polar surface area (TPSA) is 12.0 Å². The molecule has 0 bridgehead atoms. The van der Waals surface area contributed by atoms with Gasteiger partial charge < -0.3 is 5.32 Å². The van der Waals surface area contributed by atoms with Crippen LogP contribution >= 0.6 is 11.8 Å².